The van der Waals surface area contributed by atoms with E-state index in [-0.39, 0.29) is 18.6 Å². The summed E-state index contributed by atoms with van der Waals surface area (Å²) in [5.74, 6) is -2.61. The van der Waals surface area contributed by atoms with Crippen LogP contribution in [0.3, 0.4) is 0 Å². The number of allylic oxidation sites excluding steroid dienone is 2. The Balaban J connectivity index is 1.81. The summed E-state index contributed by atoms with van der Waals surface area (Å²) in [5, 5.41) is 11.4. The van der Waals surface area contributed by atoms with Crippen LogP contribution in [0.25, 0.3) is 0 Å². The summed E-state index contributed by atoms with van der Waals surface area (Å²) in [7, 11) is 2.60. The number of ether oxygens (including phenoxy) is 2. The molecule has 35 heavy (non-hydrogen) atoms. The maximum absolute atomic E-state index is 13.6. The molecule has 11 nitrogen and oxygen atoms in total. The van der Waals surface area contributed by atoms with Gasteiger partial charge in [0.15, 0.2) is 11.6 Å². The summed E-state index contributed by atoms with van der Waals surface area (Å²) < 4.78 is 11.0. The van der Waals surface area contributed by atoms with Crippen molar-refractivity contribution in [3.8, 4) is 0 Å². The molecule has 1 aliphatic heterocycles. The molecule has 0 bridgehead atoms. The Labute approximate surface area is 203 Å². The van der Waals surface area contributed by atoms with Gasteiger partial charge in [0, 0.05) is 26.6 Å². The number of rotatable bonds is 10. The Bertz CT molecular complexity index is 965. The minimum Gasteiger partial charge on any atom is -0.448 e. The van der Waals surface area contributed by atoms with Gasteiger partial charge in [-0.1, -0.05) is 42.5 Å². The molecule has 1 aromatic rings. The Kier molecular flexibility index (Phi) is 8.61. The Morgan fingerprint density at radius 1 is 1.23 bits per heavy atom. The van der Waals surface area contributed by atoms with E-state index in [0.29, 0.717) is 26.1 Å². The molecule has 1 atom stereocenters. The fraction of sp³-hybridized carbons (Fsp3) is 0.417. The largest absolute Gasteiger partial charge is 0.448 e. The molecule has 188 valence electrons. The van der Waals surface area contributed by atoms with E-state index in [1.165, 1.54) is 19.6 Å². The van der Waals surface area contributed by atoms with Gasteiger partial charge in [0.1, 0.15) is 6.61 Å². The molecular formula is C24H30N4O7. The molecule has 1 aliphatic carbocycles. The second-order valence-corrected chi connectivity index (χ2v) is 8.16. The number of likely N-dealkylation sites (N-methyl/N-ethyl adjacent to an activating group) is 2. The number of amides is 4. The molecule has 1 unspecified atom stereocenters. The van der Waals surface area contributed by atoms with Crippen molar-refractivity contribution in [3.63, 3.8) is 0 Å². The highest BCUT2D eigenvalue weighted by molar-refractivity contribution is 6.07. The van der Waals surface area contributed by atoms with Crippen LogP contribution in [0.1, 0.15) is 17.9 Å². The van der Waals surface area contributed by atoms with Gasteiger partial charge in [-0.05, 0) is 24.1 Å². The minimum absolute atomic E-state index is 0.0964. The first-order valence-electron chi connectivity index (χ1n) is 11.2. The van der Waals surface area contributed by atoms with Gasteiger partial charge in [-0.2, -0.15) is 0 Å². The van der Waals surface area contributed by atoms with Crippen molar-refractivity contribution in [2.45, 2.75) is 24.0 Å². The maximum Gasteiger partial charge on any atom is 0.409 e. The van der Waals surface area contributed by atoms with Gasteiger partial charge in [0.25, 0.3) is 17.7 Å². The molecule has 0 aromatic heterocycles. The average molecular weight is 487 g/mol. The van der Waals surface area contributed by atoms with Crippen molar-refractivity contribution < 1.29 is 33.9 Å². The summed E-state index contributed by atoms with van der Waals surface area (Å²) in [4.78, 5) is 52.2. The Morgan fingerprint density at radius 2 is 1.91 bits per heavy atom. The highest BCUT2D eigenvalue weighted by Gasteiger charge is 2.44. The van der Waals surface area contributed by atoms with Gasteiger partial charge in [-0.3, -0.25) is 19.6 Å². The van der Waals surface area contributed by atoms with Crippen molar-refractivity contribution in [2.75, 3.05) is 40.4 Å². The maximum atomic E-state index is 13.6. The highest BCUT2D eigenvalue weighted by atomic mass is 16.6. The number of hydroxylamine groups is 1. The predicted molar refractivity (Wildman–Crippen MR) is 124 cm³/mol. The molecule has 0 spiro atoms. The number of carbonyl (C=O) groups excluding carboxylic acids is 4. The summed E-state index contributed by atoms with van der Waals surface area (Å²) in [6, 6.07) is 8.05. The van der Waals surface area contributed by atoms with E-state index in [1.54, 1.807) is 17.1 Å². The third-order valence-electron chi connectivity index (χ3n) is 5.94. The third-order valence-corrected chi connectivity index (χ3v) is 5.94. The number of carbonyl (C=O) groups is 4. The summed E-state index contributed by atoms with van der Waals surface area (Å²) in [6.45, 7) is 1.35. The zero-order chi connectivity index (χ0) is 25.4. The first-order valence-corrected chi connectivity index (χ1v) is 11.2. The van der Waals surface area contributed by atoms with E-state index in [0.717, 1.165) is 10.5 Å². The highest BCUT2D eigenvalue weighted by Crippen LogP contribution is 2.31. The van der Waals surface area contributed by atoms with E-state index in [1.807, 2.05) is 42.5 Å². The van der Waals surface area contributed by atoms with E-state index >= 15 is 0 Å². The fourth-order valence-electron chi connectivity index (χ4n) is 4.00. The van der Waals surface area contributed by atoms with Gasteiger partial charge in [0.05, 0.1) is 13.2 Å². The van der Waals surface area contributed by atoms with Gasteiger partial charge in [-0.25, -0.2) is 10.3 Å². The van der Waals surface area contributed by atoms with Crippen LogP contribution in [-0.2, 0) is 23.9 Å². The number of hydrogen-bond acceptors (Lipinski definition) is 7. The summed E-state index contributed by atoms with van der Waals surface area (Å²) in [6.07, 6.45) is 6.90. The fourth-order valence-corrected chi connectivity index (χ4v) is 4.00. The average Bonchev–Trinajstić information content (AvgIpc) is 3.31. The standard InChI is InChI=1S/C24H30N4O7/c1-25-20(29)19(21(30)26-33)27(2)22(31)24(35-15-6-13-28-14-16-34-23(28)32)11-9-18(10-12-24)17-7-4-3-5-8-17/h3-5,7-12,18-19,33H,6,13-16H2,1-2H3,(H,25,29)(H,26,30). The van der Waals surface area contributed by atoms with Crippen molar-refractivity contribution in [2.24, 2.45) is 0 Å². The third kappa shape index (κ3) is 5.87. The number of nitrogens with one attached hydrogen (secondary N) is 2. The quantitative estimate of drug-likeness (QED) is 0.145. The van der Waals surface area contributed by atoms with Gasteiger partial charge < -0.3 is 24.6 Å². The van der Waals surface area contributed by atoms with Crippen LogP contribution < -0.4 is 10.8 Å². The minimum atomic E-state index is -1.62. The monoisotopic (exact) mass is 486 g/mol. The van der Waals surface area contributed by atoms with Crippen LogP contribution in [0.4, 0.5) is 4.79 Å². The van der Waals surface area contributed by atoms with Gasteiger partial charge in [0.2, 0.25) is 0 Å². The molecule has 0 saturated carbocycles. The molecule has 1 saturated heterocycles. The molecule has 1 heterocycles. The molecular weight excluding hydrogens is 456 g/mol. The van der Waals surface area contributed by atoms with Crippen LogP contribution in [0.5, 0.6) is 0 Å². The van der Waals surface area contributed by atoms with Crippen LogP contribution in [0.2, 0.25) is 0 Å². The molecule has 3 N–H and O–H groups in total. The number of benzene rings is 1. The second kappa shape index (κ2) is 11.6. The van der Waals surface area contributed by atoms with Gasteiger partial charge in [-0.15, -0.1) is 0 Å². The topological polar surface area (TPSA) is 138 Å². The van der Waals surface area contributed by atoms with Crippen LogP contribution in [-0.4, -0.2) is 90.9 Å². The SMILES string of the molecule is CNC(=O)C(C(=O)NO)N(C)C(=O)C1(OCCCN2CCOC2=O)C=CC(c2ccccc2)C=C1. The smallest absolute Gasteiger partial charge is 0.409 e. The van der Waals surface area contributed by atoms with Crippen LogP contribution in [0.15, 0.2) is 54.6 Å². The van der Waals surface area contributed by atoms with E-state index < -0.39 is 29.4 Å². The zero-order valence-corrected chi connectivity index (χ0v) is 19.7. The van der Waals surface area contributed by atoms with Crippen molar-refractivity contribution in [1.82, 2.24) is 20.6 Å². The molecule has 2 aliphatic rings. The Hall–Kier alpha value is -3.70. The van der Waals surface area contributed by atoms with Crippen LogP contribution in [0, 0.1) is 0 Å². The normalized spacial score (nSPS) is 21.9. The lowest BCUT2D eigenvalue weighted by molar-refractivity contribution is -0.157. The molecule has 4 amide bonds. The van der Waals surface area contributed by atoms with Crippen molar-refractivity contribution in [3.05, 3.63) is 60.2 Å². The van der Waals surface area contributed by atoms with E-state index in [2.05, 4.69) is 5.32 Å². The summed E-state index contributed by atoms with van der Waals surface area (Å²) in [5.41, 5.74) is 0.857. The lowest BCUT2D eigenvalue weighted by Crippen LogP contribution is -2.59. The number of hydrogen-bond donors (Lipinski definition) is 3. The number of nitrogens with zero attached hydrogens (tertiary/aromatic N) is 2. The van der Waals surface area contributed by atoms with E-state index in [9.17, 15) is 19.2 Å². The van der Waals surface area contributed by atoms with Crippen LogP contribution >= 0.6 is 0 Å². The van der Waals surface area contributed by atoms with E-state index in [4.69, 9.17) is 14.7 Å². The number of cyclic esters (lactones) is 1. The van der Waals surface area contributed by atoms with Crippen molar-refractivity contribution in [1.29, 1.82) is 0 Å². The molecule has 1 fully saturated rings. The lowest BCUT2D eigenvalue weighted by Gasteiger charge is -2.36. The first-order chi connectivity index (χ1) is 16.8. The zero-order valence-electron chi connectivity index (χ0n) is 19.7. The first kappa shape index (κ1) is 25.9. The Morgan fingerprint density at radius 3 is 2.49 bits per heavy atom. The van der Waals surface area contributed by atoms with Crippen molar-refractivity contribution >= 4 is 23.8 Å². The second-order valence-electron chi connectivity index (χ2n) is 8.16. The molecule has 11 heteroatoms. The van der Waals surface area contributed by atoms with Gasteiger partial charge >= 0.3 is 6.09 Å². The lowest BCUT2D eigenvalue weighted by atomic mass is 9.87. The molecule has 3 rings (SSSR count). The predicted octanol–water partition coefficient (Wildman–Crippen LogP) is 0.572. The molecule has 0 radical (unpaired) electrons. The molecule has 1 aromatic carbocycles. The summed E-state index contributed by atoms with van der Waals surface area (Å²) >= 11 is 0.